The van der Waals surface area contributed by atoms with E-state index in [1.807, 2.05) is 6.92 Å². The highest BCUT2D eigenvalue weighted by molar-refractivity contribution is 5.76. The van der Waals surface area contributed by atoms with Gasteiger partial charge in [0.05, 0.1) is 19.1 Å². The minimum Gasteiger partial charge on any atom is -0.466 e. The number of likely N-dealkylation sites (tertiary alicyclic amines) is 1. The Morgan fingerprint density at radius 2 is 2.31 bits per heavy atom. The minimum absolute atomic E-state index is 0.0539. The third-order valence-corrected chi connectivity index (χ3v) is 2.95. The summed E-state index contributed by atoms with van der Waals surface area (Å²) in [6.45, 7) is 5.42. The molecule has 0 unspecified atom stereocenters. The van der Waals surface area contributed by atoms with Crippen LogP contribution in [0.25, 0.3) is 0 Å². The molecule has 0 spiro atoms. The number of nitrogens with zero attached hydrogens (tertiary/aromatic N) is 2. The SMILES string of the molecule is CCOC(=O)C1CCN(C2=NCCO2)CC1. The van der Waals surface area contributed by atoms with Gasteiger partial charge < -0.3 is 14.4 Å². The Hall–Kier alpha value is -1.26. The van der Waals surface area contributed by atoms with Crippen LogP contribution in [0.5, 0.6) is 0 Å². The molecule has 0 aromatic heterocycles. The summed E-state index contributed by atoms with van der Waals surface area (Å²) in [5.41, 5.74) is 0. The van der Waals surface area contributed by atoms with E-state index in [2.05, 4.69) is 9.89 Å². The molecule has 0 aromatic carbocycles. The molecule has 90 valence electrons. The van der Waals surface area contributed by atoms with Crippen molar-refractivity contribution < 1.29 is 14.3 Å². The maximum Gasteiger partial charge on any atom is 0.309 e. The first kappa shape index (κ1) is 11.2. The maximum atomic E-state index is 11.5. The summed E-state index contributed by atoms with van der Waals surface area (Å²) in [6.07, 6.45) is 1.67. The molecule has 2 heterocycles. The summed E-state index contributed by atoms with van der Waals surface area (Å²) in [5.74, 6) is -0.00497. The van der Waals surface area contributed by atoms with E-state index in [9.17, 15) is 4.79 Å². The Labute approximate surface area is 95.4 Å². The normalized spacial score (nSPS) is 21.6. The molecular weight excluding hydrogens is 208 g/mol. The van der Waals surface area contributed by atoms with Gasteiger partial charge in [0.15, 0.2) is 0 Å². The van der Waals surface area contributed by atoms with Gasteiger partial charge >= 0.3 is 5.97 Å². The number of aliphatic imine (C=N–C) groups is 1. The third-order valence-electron chi connectivity index (χ3n) is 2.95. The summed E-state index contributed by atoms with van der Waals surface area (Å²) in [4.78, 5) is 17.9. The van der Waals surface area contributed by atoms with Crippen LogP contribution in [0.15, 0.2) is 4.99 Å². The average molecular weight is 226 g/mol. The summed E-state index contributed by atoms with van der Waals surface area (Å²) in [6, 6.07) is 0.752. The van der Waals surface area contributed by atoms with Crippen LogP contribution < -0.4 is 0 Å². The predicted octanol–water partition coefficient (Wildman–Crippen LogP) is 0.648. The van der Waals surface area contributed by atoms with Gasteiger partial charge in [0.25, 0.3) is 6.02 Å². The maximum absolute atomic E-state index is 11.5. The highest BCUT2D eigenvalue weighted by Gasteiger charge is 2.28. The Bertz CT molecular complexity index is 283. The Morgan fingerprint density at radius 1 is 1.56 bits per heavy atom. The third kappa shape index (κ3) is 2.46. The first-order valence-electron chi connectivity index (χ1n) is 5.90. The number of amidine groups is 1. The van der Waals surface area contributed by atoms with Gasteiger partial charge in [-0.25, -0.2) is 4.99 Å². The fraction of sp³-hybridized carbons (Fsp3) is 0.818. The number of carbonyl (C=O) groups is 1. The van der Waals surface area contributed by atoms with Crippen LogP contribution in [0.2, 0.25) is 0 Å². The Balaban J connectivity index is 1.80. The summed E-state index contributed by atoms with van der Waals surface area (Å²) in [7, 11) is 0. The number of hydrogen-bond donors (Lipinski definition) is 0. The molecule has 0 aromatic rings. The van der Waals surface area contributed by atoms with E-state index in [4.69, 9.17) is 9.47 Å². The molecule has 0 amide bonds. The van der Waals surface area contributed by atoms with Gasteiger partial charge in [-0.05, 0) is 19.8 Å². The second-order valence-corrected chi connectivity index (χ2v) is 4.03. The summed E-state index contributed by atoms with van der Waals surface area (Å²) in [5, 5.41) is 0. The molecule has 1 fully saturated rings. The molecule has 0 radical (unpaired) electrons. The van der Waals surface area contributed by atoms with Crippen LogP contribution in [0.1, 0.15) is 19.8 Å². The lowest BCUT2D eigenvalue weighted by atomic mass is 9.97. The van der Waals surface area contributed by atoms with Gasteiger partial charge in [0.2, 0.25) is 0 Å². The van der Waals surface area contributed by atoms with Crippen molar-refractivity contribution in [2.75, 3.05) is 32.8 Å². The van der Waals surface area contributed by atoms with Crippen molar-refractivity contribution in [2.24, 2.45) is 10.9 Å². The van der Waals surface area contributed by atoms with E-state index in [-0.39, 0.29) is 11.9 Å². The van der Waals surface area contributed by atoms with Gasteiger partial charge in [0, 0.05) is 13.1 Å². The molecule has 1 saturated heterocycles. The largest absolute Gasteiger partial charge is 0.466 e. The fourth-order valence-electron chi connectivity index (χ4n) is 2.08. The van der Waals surface area contributed by atoms with E-state index >= 15 is 0 Å². The van der Waals surface area contributed by atoms with E-state index in [1.165, 1.54) is 0 Å². The second-order valence-electron chi connectivity index (χ2n) is 4.03. The monoisotopic (exact) mass is 226 g/mol. The Morgan fingerprint density at radius 3 is 2.88 bits per heavy atom. The highest BCUT2D eigenvalue weighted by atomic mass is 16.5. The number of piperidine rings is 1. The van der Waals surface area contributed by atoms with E-state index < -0.39 is 0 Å². The van der Waals surface area contributed by atoms with Crippen molar-refractivity contribution >= 4 is 12.0 Å². The summed E-state index contributed by atoms with van der Waals surface area (Å²) < 4.78 is 10.4. The minimum atomic E-state index is -0.0589. The van der Waals surface area contributed by atoms with Gasteiger partial charge in [0.1, 0.15) is 6.61 Å². The molecular formula is C11H18N2O3. The second kappa shape index (κ2) is 5.18. The molecule has 0 saturated carbocycles. The molecule has 2 aliphatic rings. The average Bonchev–Trinajstić information content (AvgIpc) is 2.83. The zero-order chi connectivity index (χ0) is 11.4. The van der Waals surface area contributed by atoms with Crippen molar-refractivity contribution in [3.05, 3.63) is 0 Å². The molecule has 5 heteroatoms. The molecule has 16 heavy (non-hydrogen) atoms. The number of hydrogen-bond acceptors (Lipinski definition) is 5. The van der Waals surface area contributed by atoms with Gasteiger partial charge in [-0.2, -0.15) is 0 Å². The number of esters is 1. The molecule has 5 nitrogen and oxygen atoms in total. The zero-order valence-corrected chi connectivity index (χ0v) is 9.65. The van der Waals surface area contributed by atoms with Crippen LogP contribution in [0.4, 0.5) is 0 Å². The molecule has 0 bridgehead atoms. The van der Waals surface area contributed by atoms with Crippen LogP contribution in [0.3, 0.4) is 0 Å². The fourth-order valence-corrected chi connectivity index (χ4v) is 2.08. The quantitative estimate of drug-likeness (QED) is 0.649. The number of rotatable bonds is 2. The van der Waals surface area contributed by atoms with Crippen molar-refractivity contribution in [2.45, 2.75) is 19.8 Å². The van der Waals surface area contributed by atoms with Crippen molar-refractivity contribution in [3.63, 3.8) is 0 Å². The van der Waals surface area contributed by atoms with Crippen LogP contribution >= 0.6 is 0 Å². The molecule has 0 aliphatic carbocycles. The molecule has 2 aliphatic heterocycles. The smallest absolute Gasteiger partial charge is 0.309 e. The van der Waals surface area contributed by atoms with Crippen LogP contribution in [-0.2, 0) is 14.3 Å². The lowest BCUT2D eigenvalue weighted by Crippen LogP contribution is -2.40. The van der Waals surface area contributed by atoms with E-state index in [0.29, 0.717) is 13.2 Å². The van der Waals surface area contributed by atoms with Crippen molar-refractivity contribution in [1.82, 2.24) is 4.90 Å². The lowest BCUT2D eigenvalue weighted by molar-refractivity contribution is -0.149. The highest BCUT2D eigenvalue weighted by Crippen LogP contribution is 2.19. The topological polar surface area (TPSA) is 51.1 Å². The first-order valence-corrected chi connectivity index (χ1v) is 5.90. The standard InChI is InChI=1S/C11H18N2O3/c1-2-15-10(14)9-3-6-13(7-4-9)11-12-5-8-16-11/h9H,2-8H2,1H3. The predicted molar refractivity (Wildman–Crippen MR) is 59.2 cm³/mol. The Kier molecular flexibility index (Phi) is 3.64. The lowest BCUT2D eigenvalue weighted by Gasteiger charge is -2.31. The molecule has 0 N–H and O–H groups in total. The van der Waals surface area contributed by atoms with Gasteiger partial charge in [-0.15, -0.1) is 0 Å². The van der Waals surface area contributed by atoms with Crippen molar-refractivity contribution in [1.29, 1.82) is 0 Å². The molecule has 0 atom stereocenters. The van der Waals surface area contributed by atoms with Gasteiger partial charge in [-0.1, -0.05) is 0 Å². The van der Waals surface area contributed by atoms with Crippen LogP contribution in [-0.4, -0.2) is 49.7 Å². The number of carbonyl (C=O) groups excluding carboxylic acids is 1. The number of ether oxygens (including phenoxy) is 2. The van der Waals surface area contributed by atoms with Crippen molar-refractivity contribution in [3.8, 4) is 0 Å². The van der Waals surface area contributed by atoms with Gasteiger partial charge in [-0.3, -0.25) is 4.79 Å². The first-order chi connectivity index (χ1) is 7.81. The summed E-state index contributed by atoms with van der Waals surface area (Å²) >= 11 is 0. The molecule has 2 rings (SSSR count). The van der Waals surface area contributed by atoms with Crippen LogP contribution in [0, 0.1) is 5.92 Å². The van der Waals surface area contributed by atoms with E-state index in [1.54, 1.807) is 0 Å². The van der Waals surface area contributed by atoms with E-state index in [0.717, 1.165) is 38.5 Å². The zero-order valence-electron chi connectivity index (χ0n) is 9.65.